The quantitative estimate of drug-likeness (QED) is 0.785. The van der Waals surface area contributed by atoms with Crippen molar-refractivity contribution in [3.8, 4) is 0 Å². The molecule has 8 atom stereocenters. The maximum absolute atomic E-state index is 10.9. The summed E-state index contributed by atoms with van der Waals surface area (Å²) in [5.41, 5.74) is -0.0693. The lowest BCUT2D eigenvalue weighted by atomic mass is 9.49. The number of methoxy groups -OCH3 is 1. The molecule has 4 aliphatic rings. The van der Waals surface area contributed by atoms with Crippen molar-refractivity contribution in [3.63, 3.8) is 0 Å². The van der Waals surface area contributed by atoms with E-state index in [9.17, 15) is 5.11 Å². The summed E-state index contributed by atoms with van der Waals surface area (Å²) in [5, 5.41) is 23.0. The molecule has 5 rings (SSSR count). The van der Waals surface area contributed by atoms with E-state index in [0.717, 1.165) is 54.8 Å². The van der Waals surface area contributed by atoms with Crippen molar-refractivity contribution in [2.45, 2.75) is 90.2 Å². The predicted octanol–water partition coefficient (Wildman–Crippen LogP) is 4.02. The van der Waals surface area contributed by atoms with Gasteiger partial charge in [-0.2, -0.15) is 0 Å². The number of aryl methyl sites for hydroxylation is 2. The fraction of sp³-hybridized carbons (Fsp3) is 0.958. The lowest BCUT2D eigenvalue weighted by molar-refractivity contribution is -0.124. The van der Waals surface area contributed by atoms with Crippen LogP contribution in [0, 0.1) is 47.8 Å². The van der Waals surface area contributed by atoms with Crippen LogP contribution >= 0.6 is 0 Å². The van der Waals surface area contributed by atoms with E-state index in [1.807, 2.05) is 11.6 Å². The Balaban J connectivity index is 1.26. The summed E-state index contributed by atoms with van der Waals surface area (Å²) in [6.45, 7) is 6.08. The second-order valence-corrected chi connectivity index (χ2v) is 11.4. The van der Waals surface area contributed by atoms with E-state index < -0.39 is 5.60 Å². The highest BCUT2D eigenvalue weighted by atomic mass is 16.5. The number of hydrogen-bond acceptors (Lipinski definition) is 5. The maximum atomic E-state index is 10.9. The topological polar surface area (TPSA) is 73.1 Å². The smallest absolute Gasteiger partial charge is 0.148 e. The molecular formula is C24H40N4O2. The van der Waals surface area contributed by atoms with Gasteiger partial charge in [-0.25, -0.2) is 4.68 Å². The Hall–Kier alpha value is -1.01. The van der Waals surface area contributed by atoms with Crippen molar-refractivity contribution < 1.29 is 9.84 Å². The first-order valence-corrected chi connectivity index (χ1v) is 12.4. The first-order valence-electron chi connectivity index (χ1n) is 12.4. The average Bonchev–Trinajstić information content (AvgIpc) is 3.28. The number of aromatic nitrogens is 4. The molecule has 6 nitrogen and oxygen atoms in total. The zero-order chi connectivity index (χ0) is 20.9. The molecule has 6 heteroatoms. The van der Waals surface area contributed by atoms with Gasteiger partial charge >= 0.3 is 0 Å². The van der Waals surface area contributed by atoms with E-state index >= 15 is 0 Å². The van der Waals surface area contributed by atoms with Crippen molar-refractivity contribution >= 4 is 0 Å². The Kier molecular flexibility index (Phi) is 5.46. The number of hydrogen-bond donors (Lipinski definition) is 1. The van der Waals surface area contributed by atoms with Crippen LogP contribution < -0.4 is 0 Å². The molecule has 0 unspecified atom stereocenters. The summed E-state index contributed by atoms with van der Waals surface area (Å²) < 4.78 is 7.33. The van der Waals surface area contributed by atoms with Gasteiger partial charge in [0.25, 0.3) is 0 Å². The van der Waals surface area contributed by atoms with Crippen LogP contribution in [0.1, 0.15) is 77.0 Å². The lowest BCUT2D eigenvalue weighted by Crippen LogP contribution is -2.51. The minimum absolute atomic E-state index is 0.501. The van der Waals surface area contributed by atoms with E-state index in [1.165, 1.54) is 51.4 Å². The van der Waals surface area contributed by atoms with Crippen LogP contribution in [0.25, 0.3) is 0 Å². The molecule has 1 N–H and O–H groups in total. The molecule has 0 saturated heterocycles. The molecule has 0 radical (unpaired) electrons. The second kappa shape index (κ2) is 7.84. The van der Waals surface area contributed by atoms with Gasteiger partial charge in [-0.15, -0.1) is 5.10 Å². The van der Waals surface area contributed by atoms with Crippen molar-refractivity contribution in [2.24, 2.45) is 40.9 Å². The van der Waals surface area contributed by atoms with Gasteiger partial charge in [0, 0.05) is 13.7 Å². The number of aliphatic hydroxyl groups is 1. The van der Waals surface area contributed by atoms with E-state index in [2.05, 4.69) is 22.4 Å². The number of fused-ring (bicyclic) bond motifs is 5. The molecule has 0 aliphatic heterocycles. The van der Waals surface area contributed by atoms with Gasteiger partial charge in [-0.1, -0.05) is 6.92 Å². The molecule has 168 valence electrons. The summed E-state index contributed by atoms with van der Waals surface area (Å²) in [6, 6.07) is 0. The Morgan fingerprint density at radius 2 is 1.90 bits per heavy atom. The van der Waals surface area contributed by atoms with Crippen molar-refractivity contribution in [3.05, 3.63) is 5.82 Å². The van der Waals surface area contributed by atoms with Crippen molar-refractivity contribution in [1.82, 2.24) is 20.2 Å². The number of rotatable bonds is 5. The molecular weight excluding hydrogens is 376 g/mol. The predicted molar refractivity (Wildman–Crippen MR) is 115 cm³/mol. The zero-order valence-electron chi connectivity index (χ0n) is 19.1. The molecule has 30 heavy (non-hydrogen) atoms. The fourth-order valence-electron chi connectivity index (χ4n) is 8.68. The fourth-order valence-corrected chi connectivity index (χ4v) is 8.68. The molecule has 4 fully saturated rings. The van der Waals surface area contributed by atoms with E-state index in [4.69, 9.17) is 4.74 Å². The van der Waals surface area contributed by atoms with E-state index in [0.29, 0.717) is 17.9 Å². The number of ether oxygens (including phenoxy) is 1. The van der Waals surface area contributed by atoms with Gasteiger partial charge in [-0.05, 0) is 122 Å². The SMILES string of the molecule is COC[C@@]1(O)CC[C@H]2[C@H](CC[C@@H]3[C@@H]2CC[C@]2(C)[C@@H](CCn4nnnc4C)CC[C@@H]32)C1. The highest BCUT2D eigenvalue weighted by Gasteiger charge is 2.57. The van der Waals surface area contributed by atoms with Gasteiger partial charge in [0.15, 0.2) is 0 Å². The maximum Gasteiger partial charge on any atom is 0.148 e. The van der Waals surface area contributed by atoms with Crippen LogP contribution in [-0.4, -0.2) is 44.6 Å². The molecule has 1 aromatic rings. The summed E-state index contributed by atoms with van der Waals surface area (Å²) in [4.78, 5) is 0. The molecule has 0 spiro atoms. The standard InChI is InChI=1S/C24H40N4O2/c1-16-25-26-27-28(16)13-10-18-5-7-22-21-6-4-17-14-24(29,15-30-3)12-9-19(17)20(21)8-11-23(18,22)2/h17-22,29H,4-15H2,1-3H3/t17-,18-,19+,20-,21-,22+,23-,24-/m1/s1. The van der Waals surface area contributed by atoms with E-state index in [1.54, 1.807) is 7.11 Å². The monoisotopic (exact) mass is 416 g/mol. The van der Waals surface area contributed by atoms with Gasteiger partial charge in [0.1, 0.15) is 5.82 Å². The Bertz CT molecular complexity index is 753. The van der Waals surface area contributed by atoms with Gasteiger partial charge in [0.2, 0.25) is 0 Å². The highest BCUT2D eigenvalue weighted by molar-refractivity contribution is 5.07. The molecule has 0 bridgehead atoms. The Morgan fingerprint density at radius 3 is 2.67 bits per heavy atom. The molecule has 4 aliphatic carbocycles. The van der Waals surface area contributed by atoms with Crippen LogP contribution in [0.2, 0.25) is 0 Å². The van der Waals surface area contributed by atoms with Crippen LogP contribution in [0.4, 0.5) is 0 Å². The minimum Gasteiger partial charge on any atom is -0.387 e. The third-order valence-electron chi connectivity index (χ3n) is 10.1. The van der Waals surface area contributed by atoms with Crippen molar-refractivity contribution in [2.75, 3.05) is 13.7 Å². The van der Waals surface area contributed by atoms with Crippen LogP contribution in [0.15, 0.2) is 0 Å². The third kappa shape index (κ3) is 3.42. The normalized spacial score (nSPS) is 45.6. The largest absolute Gasteiger partial charge is 0.387 e. The first-order chi connectivity index (χ1) is 14.4. The van der Waals surface area contributed by atoms with Gasteiger partial charge in [0.05, 0.1) is 12.2 Å². The van der Waals surface area contributed by atoms with Gasteiger partial charge in [-0.3, -0.25) is 0 Å². The number of nitrogens with zero attached hydrogens (tertiary/aromatic N) is 4. The lowest BCUT2D eigenvalue weighted by Gasteiger charge is -2.57. The zero-order valence-corrected chi connectivity index (χ0v) is 19.1. The third-order valence-corrected chi connectivity index (χ3v) is 10.1. The Morgan fingerprint density at radius 1 is 1.07 bits per heavy atom. The van der Waals surface area contributed by atoms with Gasteiger partial charge < -0.3 is 9.84 Å². The van der Waals surface area contributed by atoms with Crippen LogP contribution in [-0.2, 0) is 11.3 Å². The van der Waals surface area contributed by atoms with Crippen LogP contribution in [0.3, 0.4) is 0 Å². The summed E-state index contributed by atoms with van der Waals surface area (Å²) >= 11 is 0. The molecule has 1 heterocycles. The number of tetrazole rings is 1. The second-order valence-electron chi connectivity index (χ2n) is 11.4. The molecule has 1 aromatic heterocycles. The first kappa shape index (κ1) is 20.9. The summed E-state index contributed by atoms with van der Waals surface area (Å²) in [6.07, 6.45) is 12.6. The van der Waals surface area contributed by atoms with Crippen molar-refractivity contribution in [1.29, 1.82) is 0 Å². The van der Waals surface area contributed by atoms with Crippen LogP contribution in [0.5, 0.6) is 0 Å². The van der Waals surface area contributed by atoms with E-state index in [-0.39, 0.29) is 0 Å². The summed E-state index contributed by atoms with van der Waals surface area (Å²) in [7, 11) is 1.72. The molecule has 0 aromatic carbocycles. The Labute approximate surface area is 181 Å². The highest BCUT2D eigenvalue weighted by Crippen LogP contribution is 2.65. The summed E-state index contributed by atoms with van der Waals surface area (Å²) in [5.74, 6) is 6.01. The molecule has 0 amide bonds. The molecule has 4 saturated carbocycles. The minimum atomic E-state index is -0.571. The average molecular weight is 417 g/mol.